The third-order valence-corrected chi connectivity index (χ3v) is 2.29. The fraction of sp³-hybridized carbons (Fsp3) is 0.333. The average Bonchev–Trinajstić information content (AvgIpc) is 2.85. The number of rotatable bonds is 8. The summed E-state index contributed by atoms with van der Waals surface area (Å²) in [5, 5.41) is 28.0. The summed E-state index contributed by atoms with van der Waals surface area (Å²) in [4.78, 5) is 0. The molecule has 0 aliphatic rings. The average molecular weight is 354 g/mol. The van der Waals surface area contributed by atoms with Crippen LogP contribution in [0.25, 0.3) is 0 Å². The number of phenolic OH excluding ortho intramolecular Hbond substituents is 2. The van der Waals surface area contributed by atoms with Crippen molar-refractivity contribution >= 4 is 0 Å². The first-order valence-electron chi connectivity index (χ1n) is 15.4. The van der Waals surface area contributed by atoms with Gasteiger partial charge in [-0.1, -0.05) is 24.2 Å². The summed E-state index contributed by atoms with van der Waals surface area (Å²) in [5.41, 5.74) is -1.39. The Bertz CT molecular complexity index is 1290. The van der Waals surface area contributed by atoms with E-state index in [0.29, 0.717) is 0 Å². The molecule has 6 heteroatoms. The Morgan fingerprint density at radius 2 is 2.21 bits per heavy atom. The molecule has 2 aromatic rings. The second-order valence-electron chi connectivity index (χ2n) is 3.91. The number of benzene rings is 2. The van der Waals surface area contributed by atoms with E-state index in [-0.39, 0.29) is 11.3 Å². The number of aromatic hydroxyl groups is 2. The van der Waals surface area contributed by atoms with Crippen molar-refractivity contribution in [2.75, 3.05) is 26.9 Å². The van der Waals surface area contributed by atoms with E-state index in [2.05, 4.69) is 10.2 Å². The van der Waals surface area contributed by atoms with Crippen molar-refractivity contribution in [1.29, 1.82) is 2.86 Å². The maximum atomic E-state index is 9.87. The predicted octanol–water partition coefficient (Wildman–Crippen LogP) is 1.29. The lowest BCUT2D eigenvalue weighted by atomic mass is 10.1. The van der Waals surface area contributed by atoms with Gasteiger partial charge >= 0.3 is 0 Å². The van der Waals surface area contributed by atoms with Crippen molar-refractivity contribution < 1.29 is 43.8 Å². The number of hydrogen-bond acceptors (Lipinski definition) is 6. The van der Waals surface area contributed by atoms with Crippen molar-refractivity contribution in [2.24, 2.45) is 0 Å². The van der Waals surface area contributed by atoms with Gasteiger partial charge in [0.1, 0.15) is 12.9 Å². The molecule has 0 radical (unpaired) electrons. The minimum atomic E-state index is -3.60. The zero-order chi connectivity index (χ0) is 34.1. The fourth-order valence-corrected chi connectivity index (χ4v) is 1.33. The minimum absolute atomic E-state index is 0.260. The fourth-order valence-electron chi connectivity index (χ4n) is 1.33. The highest BCUT2D eigenvalue weighted by atomic mass is 16.3. The van der Waals surface area contributed by atoms with Crippen LogP contribution in [-0.2, 0) is 0 Å². The highest BCUT2D eigenvalue weighted by molar-refractivity contribution is 5.29. The molecule has 0 aliphatic heterocycles. The van der Waals surface area contributed by atoms with Crippen LogP contribution >= 0.6 is 0 Å². The minimum Gasteiger partial charge on any atom is -0.508 e. The van der Waals surface area contributed by atoms with Crippen LogP contribution in [0, 0.1) is 0 Å². The van der Waals surface area contributed by atoms with E-state index in [9.17, 15) is 10.2 Å². The van der Waals surface area contributed by atoms with Crippen LogP contribution in [0.3, 0.4) is 0 Å². The molecule has 24 heavy (non-hydrogen) atoms. The van der Waals surface area contributed by atoms with Crippen LogP contribution in [0.15, 0.2) is 48.4 Å². The molecule has 0 spiro atoms. The summed E-state index contributed by atoms with van der Waals surface area (Å²) < 4.78 is 140. The SMILES string of the molecule is [2H]C([2H])([2H])NC([2H])([2H])[C@]([2H])(O)c1cccc(O)c1.[2H]Oc1c([2H])c([2H])c([2H])c([C@@]([2H])(O[2H])C([2H])([2H])N([2H])C([2H])([2H])[2H])c1[2H]. The Hall–Kier alpha value is -2.12. The van der Waals surface area contributed by atoms with Crippen LogP contribution < -0.4 is 10.6 Å². The summed E-state index contributed by atoms with van der Waals surface area (Å²) in [6, 6.07) is 0.843. The Morgan fingerprint density at radius 3 is 2.92 bits per heavy atom. The molecular formula is C18H26N2O4. The van der Waals surface area contributed by atoms with Gasteiger partial charge < -0.3 is 31.1 Å². The van der Waals surface area contributed by atoms with Crippen LogP contribution in [0.2, 0.25) is 1.41 Å². The van der Waals surface area contributed by atoms with E-state index < -0.39 is 79.9 Å². The molecular weight excluding hydrogens is 308 g/mol. The summed E-state index contributed by atoms with van der Waals surface area (Å²) in [7, 11) is 0. The quantitative estimate of drug-likeness (QED) is 0.427. The molecule has 6 nitrogen and oxygen atoms in total. The Labute approximate surface area is 169 Å². The monoisotopic (exact) mass is 353 g/mol. The van der Waals surface area contributed by atoms with Crippen molar-refractivity contribution in [1.82, 2.24) is 10.6 Å². The van der Waals surface area contributed by atoms with E-state index in [1.807, 2.05) is 0 Å². The lowest BCUT2D eigenvalue weighted by Crippen LogP contribution is -2.16. The third kappa shape index (κ3) is 6.97. The van der Waals surface area contributed by atoms with Gasteiger partial charge in [0.25, 0.3) is 1.43 Å². The second kappa shape index (κ2) is 10.6. The molecule has 0 unspecified atom stereocenters. The van der Waals surface area contributed by atoms with Gasteiger partial charge in [-0.2, -0.15) is 0 Å². The number of nitrogens with one attached hydrogen (secondary N) is 2. The number of phenols is 2. The topological polar surface area (TPSA) is 105 Å². The molecule has 0 bridgehead atoms. The maximum Gasteiger partial charge on any atom is 0.293 e. The Kier molecular flexibility index (Phi) is 2.52. The van der Waals surface area contributed by atoms with Gasteiger partial charge in [0.2, 0.25) is 1.43 Å². The zero-order valence-corrected chi connectivity index (χ0v) is 12.0. The lowest BCUT2D eigenvalue weighted by Gasteiger charge is -2.09. The summed E-state index contributed by atoms with van der Waals surface area (Å²) in [5.74, 6) is -1.17. The standard InChI is InChI=1S/2C9H13NO2/c2*1-10-6-9(12)7-3-2-4-8(11)5-7/h2*2-5,9-12H,6H2,1H3/t2*9-/m00/s1/i1D3,2D,3D,4D,5D,6D2,9D,12D;1D3,6D2,9D/hD2. The van der Waals surface area contributed by atoms with Crippen LogP contribution in [0.4, 0.5) is 0 Å². The van der Waals surface area contributed by atoms with Gasteiger partial charge in [-0.15, -0.1) is 0 Å². The second-order valence-corrected chi connectivity index (χ2v) is 3.91. The largest absolute Gasteiger partial charge is 0.508 e. The van der Waals surface area contributed by atoms with Crippen molar-refractivity contribution in [3.63, 3.8) is 0 Å². The Morgan fingerprint density at radius 1 is 1.29 bits per heavy atom. The summed E-state index contributed by atoms with van der Waals surface area (Å²) in [6.45, 7) is -12.8. The number of likely N-dealkylation sites (N-methyl/N-ethyl adjacent to an activating group) is 2. The normalized spacial score (nSPS) is 29.2. The maximum absolute atomic E-state index is 9.87. The van der Waals surface area contributed by atoms with Gasteiger partial charge in [-0.3, -0.25) is 0 Å². The predicted molar refractivity (Wildman–Crippen MR) is 94.0 cm³/mol. The zero-order valence-electron chi connectivity index (χ0n) is 31.0. The van der Waals surface area contributed by atoms with Gasteiger partial charge in [-0.05, 0) is 49.3 Å². The molecule has 2 atom stereocenters. The molecule has 2 aromatic carbocycles. The molecule has 0 saturated heterocycles. The summed E-state index contributed by atoms with van der Waals surface area (Å²) >= 11 is 0. The highest BCUT2D eigenvalue weighted by Gasteiger charge is 2.06. The Balaban J connectivity index is 0.000000453. The van der Waals surface area contributed by atoms with Crippen LogP contribution in [-0.4, -0.2) is 50.2 Å². The number of aliphatic hydroxyl groups is 2. The molecule has 132 valence electrons. The third-order valence-electron chi connectivity index (χ3n) is 2.29. The van der Waals surface area contributed by atoms with E-state index >= 15 is 0 Å². The molecule has 0 fully saturated rings. The van der Waals surface area contributed by atoms with E-state index in [0.717, 1.165) is 6.07 Å². The van der Waals surface area contributed by atoms with Crippen molar-refractivity contribution in [2.45, 2.75) is 12.2 Å². The van der Waals surface area contributed by atoms with Crippen LogP contribution in [0.1, 0.15) is 45.2 Å². The van der Waals surface area contributed by atoms with E-state index in [1.54, 1.807) is 5.32 Å². The highest BCUT2D eigenvalue weighted by Crippen LogP contribution is 2.17. The van der Waals surface area contributed by atoms with Crippen molar-refractivity contribution in [3.8, 4) is 11.5 Å². The van der Waals surface area contributed by atoms with Gasteiger partial charge in [-0.25, -0.2) is 0 Å². The molecule has 0 saturated carbocycles. The van der Waals surface area contributed by atoms with E-state index in [1.165, 1.54) is 18.2 Å². The molecule has 2 rings (SSSR count). The lowest BCUT2D eigenvalue weighted by molar-refractivity contribution is 0.177. The van der Waals surface area contributed by atoms with Gasteiger partial charge in [0.05, 0.1) is 20.4 Å². The van der Waals surface area contributed by atoms with Crippen molar-refractivity contribution in [3.05, 3.63) is 59.6 Å². The van der Waals surface area contributed by atoms with Gasteiger partial charge in [0.15, 0.2) is 0 Å². The van der Waals surface area contributed by atoms with Crippen LogP contribution in [0.5, 0.6) is 11.5 Å². The number of hydrogen-bond donors (Lipinski definition) is 6. The molecule has 0 aromatic heterocycles. The van der Waals surface area contributed by atoms with Gasteiger partial charge in [0, 0.05) is 26.7 Å². The first kappa shape index (κ1) is 5.71. The molecule has 0 aliphatic carbocycles. The van der Waals surface area contributed by atoms with E-state index in [4.69, 9.17) is 26.2 Å². The smallest absolute Gasteiger partial charge is 0.293 e. The first-order chi connectivity index (χ1) is 19.1. The molecule has 0 heterocycles. The molecule has 6 N–H and O–H groups in total. The summed E-state index contributed by atoms with van der Waals surface area (Å²) in [6.07, 6.45) is -6.31. The first-order valence-corrected chi connectivity index (χ1v) is 6.12. The molecule has 0 amide bonds.